The van der Waals surface area contributed by atoms with Gasteiger partial charge in [-0.3, -0.25) is 4.79 Å². The first-order valence-electron chi connectivity index (χ1n) is 29.4. The number of hydrogen-bond donors (Lipinski definition) is 3. The number of hydrogen-bond acceptors (Lipinski definition) is 3. The molecule has 0 aliphatic heterocycles. The standard InChI is InChI=1S/C64H113NO3/c1-3-5-7-9-11-13-15-17-19-21-23-25-27-28-29-30-31-32-33-34-35-36-38-40-42-44-46-48-50-52-54-56-58-60-64(68)65-62(61-66)63(67)59-57-55-53-51-49-47-45-43-41-39-37-26-24-22-20-18-16-14-12-10-8-6-4-2/h5,7,11,13,17,19,23,25,28-29,31-32,34-35,38,40,62-63,66-67H,3-4,6,8-10,12,14-16,18,20-22,24,26-27,30,33,36-37,39,41-61H2,1-2H3,(H,65,68)/b7-5-,13-11-,19-17-,25-23-,29-28-,32-31-,35-34-,40-38-. The molecule has 3 N–H and O–H groups in total. The van der Waals surface area contributed by atoms with E-state index in [2.05, 4.69) is 116 Å². The van der Waals surface area contributed by atoms with E-state index in [0.29, 0.717) is 12.8 Å². The number of amides is 1. The molecule has 0 saturated carbocycles. The Kier molecular flexibility index (Phi) is 56.3. The molecule has 0 aromatic heterocycles. The molecule has 0 aliphatic rings. The zero-order valence-electron chi connectivity index (χ0n) is 45.1. The van der Waals surface area contributed by atoms with Crippen molar-refractivity contribution in [2.24, 2.45) is 0 Å². The molecule has 2 atom stereocenters. The molecule has 0 aromatic rings. The van der Waals surface area contributed by atoms with Crippen LogP contribution in [0.15, 0.2) is 97.2 Å². The van der Waals surface area contributed by atoms with Gasteiger partial charge in [-0.25, -0.2) is 0 Å². The van der Waals surface area contributed by atoms with Gasteiger partial charge in [0.25, 0.3) is 0 Å². The molecule has 0 heterocycles. The lowest BCUT2D eigenvalue weighted by Crippen LogP contribution is -2.45. The molecule has 0 rings (SSSR count). The van der Waals surface area contributed by atoms with Gasteiger partial charge in [0.1, 0.15) is 0 Å². The van der Waals surface area contributed by atoms with Crippen molar-refractivity contribution in [1.82, 2.24) is 5.32 Å². The number of allylic oxidation sites excluding steroid dienone is 16. The summed E-state index contributed by atoms with van der Waals surface area (Å²) < 4.78 is 0. The molecule has 0 fully saturated rings. The van der Waals surface area contributed by atoms with E-state index in [4.69, 9.17) is 0 Å². The summed E-state index contributed by atoms with van der Waals surface area (Å²) in [7, 11) is 0. The molecule has 4 nitrogen and oxygen atoms in total. The molecule has 0 bridgehead atoms. The fourth-order valence-corrected chi connectivity index (χ4v) is 8.67. The number of nitrogens with one attached hydrogen (secondary N) is 1. The first-order chi connectivity index (χ1) is 33.7. The second kappa shape index (κ2) is 58.6. The second-order valence-electron chi connectivity index (χ2n) is 19.7. The van der Waals surface area contributed by atoms with Crippen LogP contribution < -0.4 is 5.32 Å². The predicted octanol–water partition coefficient (Wildman–Crippen LogP) is 19.7. The molecule has 0 radical (unpaired) electrons. The Hall–Kier alpha value is -2.69. The molecular weight excluding hydrogens is 831 g/mol. The highest BCUT2D eigenvalue weighted by molar-refractivity contribution is 5.76. The maximum atomic E-state index is 12.5. The Morgan fingerprint density at radius 1 is 0.368 bits per heavy atom. The Labute approximate surface area is 424 Å². The summed E-state index contributed by atoms with van der Waals surface area (Å²) in [6.45, 7) is 4.26. The van der Waals surface area contributed by atoms with E-state index < -0.39 is 12.1 Å². The summed E-state index contributed by atoms with van der Waals surface area (Å²) in [5.74, 6) is -0.0409. The molecule has 2 unspecified atom stereocenters. The first-order valence-corrected chi connectivity index (χ1v) is 29.4. The number of aliphatic hydroxyl groups excluding tert-OH is 2. The van der Waals surface area contributed by atoms with E-state index in [1.54, 1.807) is 0 Å². The summed E-state index contributed by atoms with van der Waals surface area (Å²) in [4.78, 5) is 12.5. The highest BCUT2D eigenvalue weighted by Crippen LogP contribution is 2.17. The highest BCUT2D eigenvalue weighted by atomic mass is 16.3. The Morgan fingerprint density at radius 2 is 0.647 bits per heavy atom. The topological polar surface area (TPSA) is 69.6 Å². The second-order valence-corrected chi connectivity index (χ2v) is 19.7. The van der Waals surface area contributed by atoms with Gasteiger partial charge in [-0.1, -0.05) is 297 Å². The average Bonchev–Trinajstić information content (AvgIpc) is 3.34. The summed E-state index contributed by atoms with van der Waals surface area (Å²) in [6, 6.07) is -0.549. The predicted molar refractivity (Wildman–Crippen MR) is 303 cm³/mol. The summed E-state index contributed by atoms with van der Waals surface area (Å²) in [5.41, 5.74) is 0. The van der Waals surface area contributed by atoms with Crippen LogP contribution in [0, 0.1) is 0 Å². The largest absolute Gasteiger partial charge is 0.394 e. The lowest BCUT2D eigenvalue weighted by atomic mass is 10.0. The molecule has 68 heavy (non-hydrogen) atoms. The fourth-order valence-electron chi connectivity index (χ4n) is 8.67. The minimum absolute atomic E-state index is 0.0409. The van der Waals surface area contributed by atoms with Crippen LogP contribution in [0.25, 0.3) is 0 Å². The number of rotatable bonds is 53. The van der Waals surface area contributed by atoms with Crippen LogP contribution in [0.4, 0.5) is 0 Å². The van der Waals surface area contributed by atoms with Crippen molar-refractivity contribution < 1.29 is 15.0 Å². The zero-order chi connectivity index (χ0) is 49.2. The van der Waals surface area contributed by atoms with Gasteiger partial charge in [-0.05, 0) is 77.0 Å². The Bertz CT molecular complexity index is 1250. The highest BCUT2D eigenvalue weighted by Gasteiger charge is 2.20. The van der Waals surface area contributed by atoms with E-state index in [1.165, 1.54) is 180 Å². The van der Waals surface area contributed by atoms with Gasteiger partial charge in [0.15, 0.2) is 0 Å². The van der Waals surface area contributed by atoms with Gasteiger partial charge in [-0.2, -0.15) is 0 Å². The third-order valence-electron chi connectivity index (χ3n) is 13.1. The average molecular weight is 945 g/mol. The normalized spacial score (nSPS) is 13.5. The minimum atomic E-state index is -0.671. The van der Waals surface area contributed by atoms with Crippen LogP contribution in [0.2, 0.25) is 0 Å². The molecular formula is C64H113NO3. The molecule has 0 aromatic carbocycles. The molecule has 0 saturated heterocycles. The summed E-state index contributed by atoms with van der Waals surface area (Å²) >= 11 is 0. The van der Waals surface area contributed by atoms with E-state index in [-0.39, 0.29) is 12.5 Å². The van der Waals surface area contributed by atoms with Crippen molar-refractivity contribution in [2.75, 3.05) is 6.61 Å². The lowest BCUT2D eigenvalue weighted by molar-refractivity contribution is -0.123. The smallest absolute Gasteiger partial charge is 0.220 e. The van der Waals surface area contributed by atoms with Crippen molar-refractivity contribution in [3.63, 3.8) is 0 Å². The van der Waals surface area contributed by atoms with Gasteiger partial charge in [0.2, 0.25) is 5.91 Å². The summed E-state index contributed by atoms with van der Waals surface area (Å²) in [5, 5.41) is 23.4. The molecule has 1 amide bonds. The number of carbonyl (C=O) groups is 1. The first kappa shape index (κ1) is 65.3. The zero-order valence-corrected chi connectivity index (χ0v) is 45.1. The van der Waals surface area contributed by atoms with Crippen molar-refractivity contribution in [3.05, 3.63) is 97.2 Å². The van der Waals surface area contributed by atoms with Crippen molar-refractivity contribution in [3.8, 4) is 0 Å². The van der Waals surface area contributed by atoms with E-state index in [1.807, 2.05) is 0 Å². The van der Waals surface area contributed by atoms with Crippen LogP contribution in [0.1, 0.15) is 284 Å². The van der Waals surface area contributed by atoms with Crippen LogP contribution in [-0.4, -0.2) is 34.9 Å². The lowest BCUT2D eigenvalue weighted by Gasteiger charge is -2.22. The third kappa shape index (κ3) is 54.3. The van der Waals surface area contributed by atoms with Crippen molar-refractivity contribution >= 4 is 5.91 Å². The maximum absolute atomic E-state index is 12.5. The third-order valence-corrected chi connectivity index (χ3v) is 13.1. The van der Waals surface area contributed by atoms with Crippen LogP contribution >= 0.6 is 0 Å². The van der Waals surface area contributed by atoms with Gasteiger partial charge in [0, 0.05) is 6.42 Å². The van der Waals surface area contributed by atoms with Crippen molar-refractivity contribution in [2.45, 2.75) is 296 Å². The van der Waals surface area contributed by atoms with Crippen LogP contribution in [0.5, 0.6) is 0 Å². The molecule has 4 heteroatoms. The number of unbranched alkanes of at least 4 members (excludes halogenated alkanes) is 30. The summed E-state index contributed by atoms with van der Waals surface area (Å²) in [6.07, 6.45) is 86.8. The molecule has 392 valence electrons. The molecule has 0 aliphatic carbocycles. The SMILES string of the molecule is CC/C=C\C/C=C\C/C=C\C/C=C\C/C=C\C/C=C\C/C=C\C/C=C\CCCCCCCCCCC(=O)NC(CO)C(O)CCCCCCCCCCCCCCCCCCCCCCCCC. The van der Waals surface area contributed by atoms with Gasteiger partial charge >= 0.3 is 0 Å². The van der Waals surface area contributed by atoms with Gasteiger partial charge < -0.3 is 15.5 Å². The van der Waals surface area contributed by atoms with Crippen LogP contribution in [0.3, 0.4) is 0 Å². The Morgan fingerprint density at radius 3 is 0.971 bits per heavy atom. The quantitative estimate of drug-likeness (QED) is 0.0420. The number of aliphatic hydroxyl groups is 2. The molecule has 0 spiro atoms. The van der Waals surface area contributed by atoms with Gasteiger partial charge in [-0.15, -0.1) is 0 Å². The van der Waals surface area contributed by atoms with E-state index in [0.717, 1.165) is 77.0 Å². The monoisotopic (exact) mass is 944 g/mol. The van der Waals surface area contributed by atoms with Crippen molar-refractivity contribution in [1.29, 1.82) is 0 Å². The minimum Gasteiger partial charge on any atom is -0.394 e. The van der Waals surface area contributed by atoms with E-state index >= 15 is 0 Å². The Balaban J connectivity index is 3.55. The number of carbonyl (C=O) groups excluding carboxylic acids is 1. The fraction of sp³-hybridized carbons (Fsp3) is 0.734. The van der Waals surface area contributed by atoms with Crippen LogP contribution in [-0.2, 0) is 4.79 Å². The van der Waals surface area contributed by atoms with E-state index in [9.17, 15) is 15.0 Å². The maximum Gasteiger partial charge on any atom is 0.220 e. The van der Waals surface area contributed by atoms with Gasteiger partial charge in [0.05, 0.1) is 18.8 Å².